The zero-order valence-corrected chi connectivity index (χ0v) is 24.3. The number of amides is 1. The van der Waals surface area contributed by atoms with E-state index < -0.39 is 47.2 Å². The molecule has 2 aromatic carbocycles. The van der Waals surface area contributed by atoms with Gasteiger partial charge in [-0.25, -0.2) is 18.2 Å². The van der Waals surface area contributed by atoms with Crippen molar-refractivity contribution in [1.82, 2.24) is 19.8 Å². The second-order valence-electron chi connectivity index (χ2n) is 11.9. The number of carbonyl (C=O) groups is 1. The summed E-state index contributed by atoms with van der Waals surface area (Å²) < 4.78 is 45.7. The molecule has 1 saturated heterocycles. The molecule has 4 atom stereocenters. The number of halogens is 3. The van der Waals surface area contributed by atoms with Crippen molar-refractivity contribution in [1.29, 1.82) is 0 Å². The summed E-state index contributed by atoms with van der Waals surface area (Å²) in [6.07, 6.45) is -0.871. The lowest BCUT2D eigenvalue weighted by Crippen LogP contribution is -2.50. The number of phenolic OH excluding ortho intramolecular Hbond substituents is 1. The monoisotopic (exact) mass is 588 g/mol. The number of aromatic nitrogens is 2. The van der Waals surface area contributed by atoms with E-state index in [2.05, 4.69) is 5.32 Å². The fourth-order valence-corrected chi connectivity index (χ4v) is 5.76. The van der Waals surface area contributed by atoms with E-state index in [1.807, 2.05) is 26.8 Å². The summed E-state index contributed by atoms with van der Waals surface area (Å²) in [6, 6.07) is 7.17. The van der Waals surface area contributed by atoms with Crippen molar-refractivity contribution in [3.8, 4) is 17.0 Å². The predicted octanol–water partition coefficient (Wildman–Crippen LogP) is 4.11. The summed E-state index contributed by atoms with van der Waals surface area (Å²) in [5.74, 6) is -2.22. The van der Waals surface area contributed by atoms with Crippen LogP contribution in [0.4, 0.5) is 13.2 Å². The molecule has 1 aromatic heterocycles. The van der Waals surface area contributed by atoms with E-state index in [1.54, 1.807) is 22.9 Å². The van der Waals surface area contributed by atoms with Crippen LogP contribution in [-0.2, 0) is 11.3 Å². The van der Waals surface area contributed by atoms with E-state index >= 15 is 0 Å². The van der Waals surface area contributed by atoms with Crippen molar-refractivity contribution in [2.45, 2.75) is 59.0 Å². The van der Waals surface area contributed by atoms with Gasteiger partial charge in [0, 0.05) is 50.5 Å². The number of imidazole rings is 1. The number of rotatable bonds is 11. The molecule has 3 aromatic rings. The van der Waals surface area contributed by atoms with Gasteiger partial charge in [0.25, 0.3) is 5.91 Å². The third-order valence-electron chi connectivity index (χ3n) is 7.87. The van der Waals surface area contributed by atoms with Gasteiger partial charge in [0.05, 0.1) is 11.7 Å². The van der Waals surface area contributed by atoms with Crippen molar-refractivity contribution in [3.63, 3.8) is 0 Å². The molecule has 0 unspecified atom stereocenters. The molecule has 2 heterocycles. The standard InChI is InChI=1S/C31H39F3N4O4/c1-18-9-20(11-23(41)10-18)15-37-17-27(24-12-22(32)5-6-25(24)33)36-29(37)28(31(3,4)7-8-39)38(30(42)19(2)40)16-21-13-35-14-26(21)34/h5-6,9-12,17,19,21,26,28,35,39-41H,7-8,13-16H2,1-4H3/t19-,21-,26-,28-/m0/s1. The van der Waals surface area contributed by atoms with Crippen LogP contribution in [0.3, 0.4) is 0 Å². The van der Waals surface area contributed by atoms with Crippen LogP contribution in [0.2, 0.25) is 0 Å². The SMILES string of the molecule is Cc1cc(O)cc(Cn2cc(-c3cc(F)ccc3F)nc2[C@H](N(C[C@@H]2CNC[C@@H]2F)C(=O)[C@H](C)O)C(C)(C)CCO)c1. The molecule has 1 aliphatic rings. The van der Waals surface area contributed by atoms with Gasteiger partial charge in [-0.05, 0) is 67.1 Å². The van der Waals surface area contributed by atoms with Gasteiger partial charge in [0.15, 0.2) is 0 Å². The van der Waals surface area contributed by atoms with Crippen molar-refractivity contribution in [2.24, 2.45) is 11.3 Å². The molecule has 1 amide bonds. The number of aryl methyl sites for hydroxylation is 1. The number of phenols is 1. The van der Waals surface area contributed by atoms with Crippen molar-refractivity contribution >= 4 is 5.91 Å². The van der Waals surface area contributed by atoms with E-state index in [-0.39, 0.29) is 55.5 Å². The Morgan fingerprint density at radius 1 is 1.21 bits per heavy atom. The van der Waals surface area contributed by atoms with Gasteiger partial charge in [-0.3, -0.25) is 4.79 Å². The van der Waals surface area contributed by atoms with Crippen LogP contribution < -0.4 is 5.32 Å². The normalized spacial score (nSPS) is 18.7. The topological polar surface area (TPSA) is 111 Å². The van der Waals surface area contributed by atoms with E-state index in [1.165, 1.54) is 11.8 Å². The number of hydrogen-bond acceptors (Lipinski definition) is 6. The lowest BCUT2D eigenvalue weighted by Gasteiger charge is -2.43. The average Bonchev–Trinajstić information content (AvgIpc) is 3.49. The molecule has 0 spiro atoms. The highest BCUT2D eigenvalue weighted by Crippen LogP contribution is 2.43. The molecule has 0 aliphatic carbocycles. The van der Waals surface area contributed by atoms with Crippen LogP contribution in [0.25, 0.3) is 11.3 Å². The molecule has 42 heavy (non-hydrogen) atoms. The third kappa shape index (κ3) is 6.96. The lowest BCUT2D eigenvalue weighted by atomic mass is 9.79. The first-order valence-corrected chi connectivity index (χ1v) is 14.1. The molecule has 0 saturated carbocycles. The minimum absolute atomic E-state index is 0.0425. The molecule has 8 nitrogen and oxygen atoms in total. The maximum absolute atomic E-state index is 15.0. The van der Waals surface area contributed by atoms with Crippen LogP contribution in [-0.4, -0.2) is 74.2 Å². The minimum atomic E-state index is -1.41. The van der Waals surface area contributed by atoms with Gasteiger partial charge < -0.3 is 30.1 Å². The zero-order chi connectivity index (χ0) is 30.8. The lowest BCUT2D eigenvalue weighted by molar-refractivity contribution is -0.146. The van der Waals surface area contributed by atoms with Gasteiger partial charge in [-0.15, -0.1) is 0 Å². The number of benzene rings is 2. The van der Waals surface area contributed by atoms with Crippen LogP contribution in [0.5, 0.6) is 5.75 Å². The Balaban J connectivity index is 1.95. The minimum Gasteiger partial charge on any atom is -0.508 e. The Morgan fingerprint density at radius 2 is 1.95 bits per heavy atom. The molecule has 0 bridgehead atoms. The molecule has 11 heteroatoms. The van der Waals surface area contributed by atoms with Gasteiger partial charge >= 0.3 is 0 Å². The zero-order valence-electron chi connectivity index (χ0n) is 24.3. The Labute approximate surface area is 243 Å². The highest BCUT2D eigenvalue weighted by atomic mass is 19.1. The van der Waals surface area contributed by atoms with Crippen molar-refractivity contribution < 1.29 is 33.3 Å². The molecule has 1 fully saturated rings. The molecule has 4 N–H and O–H groups in total. The highest BCUT2D eigenvalue weighted by Gasteiger charge is 2.44. The summed E-state index contributed by atoms with van der Waals surface area (Å²) in [7, 11) is 0. The number of aromatic hydroxyl groups is 1. The summed E-state index contributed by atoms with van der Waals surface area (Å²) in [5.41, 5.74) is 0.645. The number of nitrogens with zero attached hydrogens (tertiary/aromatic N) is 3. The number of aliphatic hydroxyl groups is 2. The number of carbonyl (C=O) groups excluding carboxylic acids is 1. The smallest absolute Gasteiger partial charge is 0.251 e. The highest BCUT2D eigenvalue weighted by molar-refractivity contribution is 5.81. The Morgan fingerprint density at radius 3 is 2.57 bits per heavy atom. The molecule has 1 aliphatic heterocycles. The molecule has 0 radical (unpaired) electrons. The number of hydrogen-bond donors (Lipinski definition) is 4. The molecule has 228 valence electrons. The number of aliphatic hydroxyl groups excluding tert-OH is 2. The Kier molecular flexibility index (Phi) is 9.64. The van der Waals surface area contributed by atoms with Gasteiger partial charge in [-0.1, -0.05) is 19.9 Å². The summed E-state index contributed by atoms with van der Waals surface area (Å²) in [6.45, 7) is 7.16. The second-order valence-corrected chi connectivity index (χ2v) is 11.9. The summed E-state index contributed by atoms with van der Waals surface area (Å²) in [5, 5.41) is 33.7. The maximum atomic E-state index is 15.0. The van der Waals surface area contributed by atoms with Crippen LogP contribution >= 0.6 is 0 Å². The van der Waals surface area contributed by atoms with Crippen LogP contribution in [0.1, 0.15) is 50.2 Å². The van der Waals surface area contributed by atoms with Crippen LogP contribution in [0.15, 0.2) is 42.6 Å². The summed E-state index contributed by atoms with van der Waals surface area (Å²) in [4.78, 5) is 19.8. The predicted molar refractivity (Wildman–Crippen MR) is 152 cm³/mol. The number of nitrogens with one attached hydrogen (secondary N) is 1. The number of alkyl halides is 1. The maximum Gasteiger partial charge on any atom is 0.251 e. The quantitative estimate of drug-likeness (QED) is 0.269. The first-order valence-electron chi connectivity index (χ1n) is 14.1. The van der Waals surface area contributed by atoms with E-state index in [0.717, 1.165) is 23.8 Å². The second kappa shape index (κ2) is 12.8. The third-order valence-corrected chi connectivity index (χ3v) is 7.87. The fraction of sp³-hybridized carbons (Fsp3) is 0.484. The average molecular weight is 589 g/mol. The molecular weight excluding hydrogens is 549 g/mol. The molecular formula is C31H39F3N4O4. The largest absolute Gasteiger partial charge is 0.508 e. The van der Waals surface area contributed by atoms with Crippen LogP contribution in [0, 0.1) is 29.9 Å². The first kappa shape index (κ1) is 31.5. The fourth-order valence-electron chi connectivity index (χ4n) is 5.76. The van der Waals surface area contributed by atoms with E-state index in [0.29, 0.717) is 12.1 Å². The van der Waals surface area contributed by atoms with E-state index in [4.69, 9.17) is 4.98 Å². The van der Waals surface area contributed by atoms with Gasteiger partial charge in [0.2, 0.25) is 0 Å². The van der Waals surface area contributed by atoms with Gasteiger partial charge in [-0.2, -0.15) is 0 Å². The van der Waals surface area contributed by atoms with Crippen molar-refractivity contribution in [3.05, 3.63) is 71.2 Å². The first-order chi connectivity index (χ1) is 19.8. The van der Waals surface area contributed by atoms with E-state index in [9.17, 15) is 33.3 Å². The Hall–Kier alpha value is -3.41. The summed E-state index contributed by atoms with van der Waals surface area (Å²) >= 11 is 0. The molecule has 4 rings (SSSR count). The Bertz CT molecular complexity index is 1390. The van der Waals surface area contributed by atoms with Crippen molar-refractivity contribution in [2.75, 3.05) is 26.2 Å². The van der Waals surface area contributed by atoms with Gasteiger partial charge in [0.1, 0.15) is 35.5 Å².